The molecule has 0 radical (unpaired) electrons. The van der Waals surface area contributed by atoms with E-state index < -0.39 is 11.2 Å². The van der Waals surface area contributed by atoms with Crippen molar-refractivity contribution in [3.63, 3.8) is 0 Å². The van der Waals surface area contributed by atoms with Crippen molar-refractivity contribution < 1.29 is 14.7 Å². The predicted molar refractivity (Wildman–Crippen MR) is 38.1 cm³/mol. The van der Waals surface area contributed by atoms with E-state index in [-0.39, 0.29) is 17.5 Å². The first-order chi connectivity index (χ1) is 4.61. The van der Waals surface area contributed by atoms with E-state index in [0.29, 0.717) is 0 Å². The Kier molecular flexibility index (Phi) is 1.99. The highest BCUT2D eigenvalue weighted by molar-refractivity contribution is 8.02. The van der Waals surface area contributed by atoms with Crippen molar-refractivity contribution in [2.24, 2.45) is 0 Å². The average Bonchev–Trinajstić information content (AvgIpc) is 2.13. The summed E-state index contributed by atoms with van der Waals surface area (Å²) < 4.78 is 0. The maximum atomic E-state index is 10.8. The Balaban J connectivity index is 2.57. The van der Waals surface area contributed by atoms with E-state index in [9.17, 15) is 9.59 Å². The van der Waals surface area contributed by atoms with Crippen LogP contribution in [0.3, 0.4) is 0 Å². The van der Waals surface area contributed by atoms with Gasteiger partial charge in [0.2, 0.25) is 0 Å². The number of carbonyl (C=O) groups excluding carboxylic acids is 1. The van der Waals surface area contributed by atoms with Crippen LogP contribution in [0.1, 0.15) is 13.3 Å². The van der Waals surface area contributed by atoms with Crippen molar-refractivity contribution in [1.29, 1.82) is 0 Å². The minimum Gasteiger partial charge on any atom is -0.480 e. The largest absolute Gasteiger partial charge is 0.480 e. The van der Waals surface area contributed by atoms with Gasteiger partial charge in [0.15, 0.2) is 0 Å². The van der Waals surface area contributed by atoms with Crippen LogP contribution in [0, 0.1) is 0 Å². The lowest BCUT2D eigenvalue weighted by molar-refractivity contribution is -0.137. The number of hydrogen-bond donors (Lipinski definition) is 1. The highest BCUT2D eigenvalue weighted by Crippen LogP contribution is 2.30. The molecule has 2 atom stereocenters. The fourth-order valence-corrected chi connectivity index (χ4v) is 1.98. The molecule has 0 aromatic heterocycles. The molecule has 1 N–H and O–H groups in total. The molecular weight excluding hydrogens is 152 g/mol. The second-order valence-electron chi connectivity index (χ2n) is 2.28. The van der Waals surface area contributed by atoms with Gasteiger partial charge in [-0.2, -0.15) is 0 Å². The summed E-state index contributed by atoms with van der Waals surface area (Å²) in [6.07, 6.45) is 0.196. The minimum absolute atomic E-state index is 0.0531. The second kappa shape index (κ2) is 2.62. The van der Waals surface area contributed by atoms with E-state index in [2.05, 4.69) is 0 Å². The average molecular weight is 160 g/mol. The topological polar surface area (TPSA) is 54.4 Å². The summed E-state index contributed by atoms with van der Waals surface area (Å²) in [4.78, 5) is 21.1. The van der Waals surface area contributed by atoms with Crippen LogP contribution in [0.2, 0.25) is 0 Å². The third kappa shape index (κ3) is 1.31. The van der Waals surface area contributed by atoms with Gasteiger partial charge in [0.25, 0.3) is 0 Å². The van der Waals surface area contributed by atoms with Crippen LogP contribution in [-0.2, 0) is 9.59 Å². The Morgan fingerprint density at radius 3 is 2.60 bits per heavy atom. The van der Waals surface area contributed by atoms with Gasteiger partial charge < -0.3 is 5.11 Å². The number of Topliss-reactive ketones (excluding diaryl/α,β-unsaturated/α-hetero) is 1. The Morgan fingerprint density at radius 1 is 1.80 bits per heavy atom. The summed E-state index contributed by atoms with van der Waals surface area (Å²) in [5.74, 6) is -0.819. The molecule has 10 heavy (non-hydrogen) atoms. The summed E-state index contributed by atoms with van der Waals surface area (Å²) in [6, 6.07) is 0. The van der Waals surface area contributed by atoms with Crippen LogP contribution in [0.4, 0.5) is 0 Å². The normalized spacial score (nSPS) is 32.7. The zero-order valence-corrected chi connectivity index (χ0v) is 6.35. The first-order valence-electron chi connectivity index (χ1n) is 3.02. The number of rotatable bonds is 1. The number of aliphatic carboxylic acids is 1. The first-order valence-corrected chi connectivity index (χ1v) is 3.96. The van der Waals surface area contributed by atoms with Gasteiger partial charge in [-0.15, -0.1) is 11.8 Å². The van der Waals surface area contributed by atoms with Crippen LogP contribution in [0.5, 0.6) is 0 Å². The Hall–Kier alpha value is -0.510. The lowest BCUT2D eigenvalue weighted by Crippen LogP contribution is -2.13. The number of thioether (sulfide) groups is 1. The highest BCUT2D eigenvalue weighted by atomic mass is 32.2. The van der Waals surface area contributed by atoms with Gasteiger partial charge >= 0.3 is 5.97 Å². The van der Waals surface area contributed by atoms with Crippen molar-refractivity contribution in [1.82, 2.24) is 0 Å². The number of carboxylic acid groups (broad SMARTS) is 1. The number of carbonyl (C=O) groups is 2. The summed E-state index contributed by atoms with van der Waals surface area (Å²) >= 11 is 1.23. The van der Waals surface area contributed by atoms with Gasteiger partial charge in [-0.3, -0.25) is 9.59 Å². The van der Waals surface area contributed by atoms with E-state index in [4.69, 9.17) is 5.11 Å². The molecule has 1 saturated heterocycles. The standard InChI is InChI=1S/C6H8O3S/c1-3-4(7)2-5(10-3)6(8)9/h3,5H,2H2,1H3,(H,8,9). The lowest BCUT2D eigenvalue weighted by Gasteiger charge is -1.98. The molecule has 56 valence electrons. The van der Waals surface area contributed by atoms with Crippen LogP contribution < -0.4 is 0 Å². The Labute approximate surface area is 62.8 Å². The van der Waals surface area contributed by atoms with Gasteiger partial charge in [-0.25, -0.2) is 0 Å². The second-order valence-corrected chi connectivity index (χ2v) is 3.82. The molecule has 0 aromatic rings. The predicted octanol–water partition coefficient (Wildman–Crippen LogP) is 0.534. The highest BCUT2D eigenvalue weighted by Gasteiger charge is 2.34. The fraction of sp³-hybridized carbons (Fsp3) is 0.667. The molecule has 1 aliphatic heterocycles. The van der Waals surface area contributed by atoms with Gasteiger partial charge in [-0.05, 0) is 6.92 Å². The molecule has 0 saturated carbocycles. The maximum absolute atomic E-state index is 10.8. The Bertz CT molecular complexity index is 178. The van der Waals surface area contributed by atoms with Crippen molar-refractivity contribution in [3.05, 3.63) is 0 Å². The van der Waals surface area contributed by atoms with Gasteiger partial charge in [0, 0.05) is 6.42 Å². The summed E-state index contributed by atoms with van der Waals surface area (Å²) in [6.45, 7) is 1.75. The molecular formula is C6H8O3S. The number of hydrogen-bond acceptors (Lipinski definition) is 3. The van der Waals surface area contributed by atoms with Crippen molar-refractivity contribution in [3.8, 4) is 0 Å². The summed E-state index contributed by atoms with van der Waals surface area (Å²) in [7, 11) is 0. The molecule has 2 unspecified atom stereocenters. The van der Waals surface area contributed by atoms with E-state index in [1.54, 1.807) is 6.92 Å². The molecule has 0 aromatic carbocycles. The molecule has 0 aliphatic carbocycles. The van der Waals surface area contributed by atoms with Crippen LogP contribution in [0.25, 0.3) is 0 Å². The number of carboxylic acids is 1. The third-order valence-corrected chi connectivity index (χ3v) is 2.85. The molecule has 1 aliphatic rings. The molecule has 4 heteroatoms. The van der Waals surface area contributed by atoms with Crippen LogP contribution in [-0.4, -0.2) is 27.4 Å². The quantitative estimate of drug-likeness (QED) is 0.608. The molecule has 0 spiro atoms. The SMILES string of the molecule is CC1SC(C(=O)O)CC1=O. The van der Waals surface area contributed by atoms with Gasteiger partial charge in [-0.1, -0.05) is 0 Å². The van der Waals surface area contributed by atoms with Crippen LogP contribution >= 0.6 is 11.8 Å². The van der Waals surface area contributed by atoms with Crippen LogP contribution in [0.15, 0.2) is 0 Å². The third-order valence-electron chi connectivity index (χ3n) is 1.48. The number of ketones is 1. The first kappa shape index (κ1) is 7.60. The molecule has 0 amide bonds. The van der Waals surface area contributed by atoms with E-state index in [1.165, 1.54) is 11.8 Å². The summed E-state index contributed by atoms with van der Waals surface area (Å²) in [5.41, 5.74) is 0. The summed E-state index contributed by atoms with van der Waals surface area (Å²) in [5, 5.41) is 7.85. The molecule has 1 heterocycles. The molecule has 3 nitrogen and oxygen atoms in total. The molecule has 1 rings (SSSR count). The van der Waals surface area contributed by atoms with E-state index in [0.717, 1.165) is 0 Å². The zero-order chi connectivity index (χ0) is 7.72. The fourth-order valence-electron chi connectivity index (χ4n) is 0.865. The van der Waals surface area contributed by atoms with Crippen molar-refractivity contribution in [2.75, 3.05) is 0 Å². The van der Waals surface area contributed by atoms with E-state index in [1.807, 2.05) is 0 Å². The van der Waals surface area contributed by atoms with Gasteiger partial charge in [0.1, 0.15) is 11.0 Å². The molecule has 0 bridgehead atoms. The van der Waals surface area contributed by atoms with Crippen molar-refractivity contribution in [2.45, 2.75) is 23.8 Å². The molecule has 1 fully saturated rings. The van der Waals surface area contributed by atoms with Gasteiger partial charge in [0.05, 0.1) is 5.25 Å². The van der Waals surface area contributed by atoms with Crippen molar-refractivity contribution >= 4 is 23.5 Å². The lowest BCUT2D eigenvalue weighted by atomic mass is 10.2. The zero-order valence-electron chi connectivity index (χ0n) is 5.53. The maximum Gasteiger partial charge on any atom is 0.317 e. The Morgan fingerprint density at radius 2 is 2.40 bits per heavy atom. The smallest absolute Gasteiger partial charge is 0.317 e. The monoisotopic (exact) mass is 160 g/mol. The van der Waals surface area contributed by atoms with E-state index >= 15 is 0 Å². The minimum atomic E-state index is -0.872.